The molecule has 0 saturated heterocycles. The molecule has 3 heteroatoms. The van der Waals surface area contributed by atoms with Crippen LogP contribution in [0.25, 0.3) is 0 Å². The molecule has 1 rings (SSSR count). The van der Waals surface area contributed by atoms with Crippen molar-refractivity contribution in [3.63, 3.8) is 0 Å². The minimum atomic E-state index is 0.156. The van der Waals surface area contributed by atoms with Gasteiger partial charge in [0.05, 0.1) is 11.3 Å². The van der Waals surface area contributed by atoms with Crippen LogP contribution in [0.4, 0.5) is 0 Å². The van der Waals surface area contributed by atoms with Crippen LogP contribution >= 0.6 is 0 Å². The molecule has 1 aromatic heterocycles. The Labute approximate surface area is 111 Å². The van der Waals surface area contributed by atoms with Crippen molar-refractivity contribution in [1.29, 1.82) is 0 Å². The highest BCUT2D eigenvalue weighted by Crippen LogP contribution is 2.18. The van der Waals surface area contributed by atoms with Crippen molar-refractivity contribution in [2.75, 3.05) is 0 Å². The number of aromatic nitrogens is 2. The number of carbonyl (C=O) groups is 1. The molecule has 3 nitrogen and oxygen atoms in total. The van der Waals surface area contributed by atoms with E-state index >= 15 is 0 Å². The quantitative estimate of drug-likeness (QED) is 0.519. The van der Waals surface area contributed by atoms with Gasteiger partial charge in [0.2, 0.25) is 0 Å². The molecule has 102 valence electrons. The van der Waals surface area contributed by atoms with Gasteiger partial charge in [-0.2, -0.15) is 5.10 Å². The summed E-state index contributed by atoms with van der Waals surface area (Å²) >= 11 is 0. The molecule has 0 fully saturated rings. The van der Waals surface area contributed by atoms with Crippen LogP contribution in [0.1, 0.15) is 75.1 Å². The molecule has 0 aliphatic rings. The van der Waals surface area contributed by atoms with Crippen LogP contribution in [0.2, 0.25) is 0 Å². The van der Waals surface area contributed by atoms with E-state index in [2.05, 4.69) is 30.6 Å². The number of carbonyl (C=O) groups excluding carboxylic acids is 1. The van der Waals surface area contributed by atoms with E-state index in [1.807, 2.05) is 0 Å². The zero-order valence-corrected chi connectivity index (χ0v) is 12.3. The Balaban J connectivity index is 2.87. The number of hydrogen-bond donors (Lipinski definition) is 0. The van der Waals surface area contributed by atoms with Crippen molar-refractivity contribution >= 4 is 5.78 Å². The number of rotatable bonds is 8. The number of unbranched alkanes of at least 4 members (excludes halogenated alkanes) is 3. The Hall–Kier alpha value is -1.12. The summed E-state index contributed by atoms with van der Waals surface area (Å²) in [5.74, 6) is 0.156. The number of nitrogens with zero attached hydrogens (tertiary/aromatic N) is 2. The van der Waals surface area contributed by atoms with Gasteiger partial charge < -0.3 is 0 Å². The minimum Gasteiger partial charge on any atom is -0.294 e. The van der Waals surface area contributed by atoms with Crippen molar-refractivity contribution in [2.24, 2.45) is 0 Å². The molecule has 0 saturated carbocycles. The Morgan fingerprint density at radius 1 is 1.11 bits per heavy atom. The maximum atomic E-state index is 11.7. The normalized spacial score (nSPS) is 10.9. The molecule has 0 amide bonds. The summed E-state index contributed by atoms with van der Waals surface area (Å²) in [5.41, 5.74) is 2.96. The fourth-order valence-electron chi connectivity index (χ4n) is 2.44. The fraction of sp³-hybridized carbons (Fsp3) is 0.733. The number of Topliss-reactive ketones (excluding diaryl/α,β-unsaturated/α-hetero) is 1. The van der Waals surface area contributed by atoms with Gasteiger partial charge >= 0.3 is 0 Å². The molecular weight excluding hydrogens is 224 g/mol. The van der Waals surface area contributed by atoms with Crippen LogP contribution in [0.3, 0.4) is 0 Å². The van der Waals surface area contributed by atoms with E-state index in [0.717, 1.165) is 42.8 Å². The lowest BCUT2D eigenvalue weighted by Crippen LogP contribution is -2.06. The van der Waals surface area contributed by atoms with Gasteiger partial charge in [-0.05, 0) is 26.2 Å². The molecule has 0 aliphatic heterocycles. The molecule has 0 bridgehead atoms. The van der Waals surface area contributed by atoms with E-state index in [4.69, 9.17) is 0 Å². The van der Waals surface area contributed by atoms with Crippen LogP contribution in [0.15, 0.2) is 0 Å². The molecule has 18 heavy (non-hydrogen) atoms. The molecule has 0 aromatic carbocycles. The predicted octanol–water partition coefficient (Wildman–Crippen LogP) is 3.79. The second-order valence-corrected chi connectivity index (χ2v) is 4.82. The van der Waals surface area contributed by atoms with Gasteiger partial charge in [-0.25, -0.2) is 0 Å². The van der Waals surface area contributed by atoms with Gasteiger partial charge in [0.1, 0.15) is 0 Å². The Bertz CT molecular complexity index is 393. The third-order valence-corrected chi connectivity index (χ3v) is 3.38. The monoisotopic (exact) mass is 250 g/mol. The molecule has 0 spiro atoms. The highest BCUT2D eigenvalue weighted by atomic mass is 16.1. The molecule has 0 atom stereocenters. The summed E-state index contributed by atoms with van der Waals surface area (Å²) in [6.45, 7) is 8.98. The smallest absolute Gasteiger partial charge is 0.163 e. The molecule has 0 N–H and O–H groups in total. The van der Waals surface area contributed by atoms with Gasteiger partial charge in [0, 0.05) is 12.2 Å². The van der Waals surface area contributed by atoms with E-state index in [0.29, 0.717) is 0 Å². The maximum absolute atomic E-state index is 11.7. The second kappa shape index (κ2) is 7.34. The molecule has 1 aromatic rings. The highest BCUT2D eigenvalue weighted by molar-refractivity contribution is 5.96. The van der Waals surface area contributed by atoms with Crippen LogP contribution in [-0.2, 0) is 19.4 Å². The van der Waals surface area contributed by atoms with Gasteiger partial charge in [0.15, 0.2) is 5.78 Å². The molecule has 0 radical (unpaired) electrons. The van der Waals surface area contributed by atoms with Crippen LogP contribution in [0.5, 0.6) is 0 Å². The number of hydrogen-bond acceptors (Lipinski definition) is 2. The lowest BCUT2D eigenvalue weighted by atomic mass is 10.1. The first-order valence-electron chi connectivity index (χ1n) is 7.25. The van der Waals surface area contributed by atoms with Gasteiger partial charge in [-0.3, -0.25) is 9.48 Å². The summed E-state index contributed by atoms with van der Waals surface area (Å²) in [7, 11) is 0. The third kappa shape index (κ3) is 3.44. The third-order valence-electron chi connectivity index (χ3n) is 3.38. The second-order valence-electron chi connectivity index (χ2n) is 4.82. The maximum Gasteiger partial charge on any atom is 0.163 e. The highest BCUT2D eigenvalue weighted by Gasteiger charge is 2.18. The van der Waals surface area contributed by atoms with E-state index < -0.39 is 0 Å². The summed E-state index contributed by atoms with van der Waals surface area (Å²) in [6, 6.07) is 0. The average molecular weight is 250 g/mol. The van der Waals surface area contributed by atoms with Crippen molar-refractivity contribution in [2.45, 2.75) is 72.8 Å². The number of aryl methyl sites for hydroxylation is 2. The van der Waals surface area contributed by atoms with Crippen LogP contribution in [-0.4, -0.2) is 15.6 Å². The van der Waals surface area contributed by atoms with Crippen LogP contribution < -0.4 is 0 Å². The topological polar surface area (TPSA) is 34.9 Å². The van der Waals surface area contributed by atoms with Crippen molar-refractivity contribution < 1.29 is 4.79 Å². The van der Waals surface area contributed by atoms with E-state index in [1.165, 1.54) is 19.3 Å². The molecule has 1 heterocycles. The van der Waals surface area contributed by atoms with E-state index in [1.54, 1.807) is 6.92 Å². The first kappa shape index (κ1) is 14.9. The summed E-state index contributed by atoms with van der Waals surface area (Å²) in [5, 5.41) is 4.61. The predicted molar refractivity (Wildman–Crippen MR) is 75.1 cm³/mol. The average Bonchev–Trinajstić information content (AvgIpc) is 2.72. The summed E-state index contributed by atoms with van der Waals surface area (Å²) in [6.07, 6.45) is 6.65. The minimum absolute atomic E-state index is 0.156. The SMILES string of the molecule is CCCCCCn1nc(CC)c(C(C)=O)c1CC. The zero-order chi connectivity index (χ0) is 13.5. The largest absolute Gasteiger partial charge is 0.294 e. The molecular formula is C15H26N2O. The van der Waals surface area contributed by atoms with Crippen molar-refractivity contribution in [3.8, 4) is 0 Å². The molecule has 0 aliphatic carbocycles. The Morgan fingerprint density at radius 2 is 1.83 bits per heavy atom. The standard InChI is InChI=1S/C15H26N2O/c1-5-8-9-10-11-17-14(7-3)15(12(4)18)13(6-2)16-17/h5-11H2,1-4H3. The lowest BCUT2D eigenvalue weighted by molar-refractivity contribution is 0.101. The van der Waals surface area contributed by atoms with Gasteiger partial charge in [-0.15, -0.1) is 0 Å². The van der Waals surface area contributed by atoms with Gasteiger partial charge in [0.25, 0.3) is 0 Å². The fourth-order valence-corrected chi connectivity index (χ4v) is 2.44. The Kier molecular flexibility index (Phi) is 6.10. The van der Waals surface area contributed by atoms with Crippen LogP contribution in [0, 0.1) is 0 Å². The van der Waals surface area contributed by atoms with Gasteiger partial charge in [-0.1, -0.05) is 40.0 Å². The summed E-state index contributed by atoms with van der Waals surface area (Å²) in [4.78, 5) is 11.7. The first-order valence-corrected chi connectivity index (χ1v) is 7.25. The van der Waals surface area contributed by atoms with E-state index in [9.17, 15) is 4.79 Å². The molecule has 0 unspecified atom stereocenters. The van der Waals surface area contributed by atoms with Crippen molar-refractivity contribution in [3.05, 3.63) is 17.0 Å². The Morgan fingerprint density at radius 3 is 2.33 bits per heavy atom. The lowest BCUT2D eigenvalue weighted by Gasteiger charge is -2.06. The summed E-state index contributed by atoms with van der Waals surface area (Å²) < 4.78 is 2.06. The zero-order valence-electron chi connectivity index (χ0n) is 12.3. The number of ketones is 1. The van der Waals surface area contributed by atoms with Crippen molar-refractivity contribution in [1.82, 2.24) is 9.78 Å². The first-order chi connectivity index (χ1) is 8.65. The van der Waals surface area contributed by atoms with E-state index in [-0.39, 0.29) is 5.78 Å².